The van der Waals surface area contributed by atoms with Gasteiger partial charge in [0.15, 0.2) is 23.6 Å². The van der Waals surface area contributed by atoms with E-state index >= 15 is 0 Å². The van der Waals surface area contributed by atoms with Crippen LogP contribution in [-0.2, 0) is 4.79 Å². The lowest BCUT2D eigenvalue weighted by Gasteiger charge is -2.70. The van der Waals surface area contributed by atoms with E-state index in [0.717, 1.165) is 5.56 Å². The number of Topliss-reactive ketones (excluding diaryl/α,β-unsaturated/α-hetero) is 1. The first-order chi connectivity index (χ1) is 16.6. The van der Waals surface area contributed by atoms with Crippen molar-refractivity contribution in [3.63, 3.8) is 0 Å². The Hall–Kier alpha value is -3.48. The molecular weight excluding hydrogens is 449 g/mol. The minimum Gasteiger partial charge on any atom is -0.484 e. The molecule has 0 spiro atoms. The molecule has 1 N–H and O–H groups in total. The summed E-state index contributed by atoms with van der Waals surface area (Å²) in [6.45, 7) is 5.57. The molecule has 1 heterocycles. The van der Waals surface area contributed by atoms with Crippen LogP contribution in [0, 0.1) is 18.2 Å². The van der Waals surface area contributed by atoms with Crippen LogP contribution in [0.1, 0.15) is 67.1 Å². The predicted molar refractivity (Wildman–Crippen MR) is 129 cm³/mol. The van der Waals surface area contributed by atoms with E-state index in [1.807, 2.05) is 12.1 Å². The molecule has 35 heavy (non-hydrogen) atoms. The summed E-state index contributed by atoms with van der Waals surface area (Å²) in [6, 6.07) is 11.3. The smallest absolute Gasteiger partial charge is 0.258 e. The highest BCUT2D eigenvalue weighted by molar-refractivity contribution is 5.95. The van der Waals surface area contributed by atoms with Crippen LogP contribution in [0.15, 0.2) is 51.7 Å². The Morgan fingerprint density at radius 1 is 1.11 bits per heavy atom. The minimum absolute atomic E-state index is 0.0846. The molecule has 6 rings (SSSR count). The van der Waals surface area contributed by atoms with Crippen molar-refractivity contribution in [1.29, 1.82) is 0 Å². The highest BCUT2D eigenvalue weighted by Gasteiger charge is 2.68. The second-order valence-corrected chi connectivity index (χ2v) is 10.5. The number of carbonyl (C=O) groups excluding carboxylic acids is 2. The van der Waals surface area contributed by atoms with Gasteiger partial charge in [0.05, 0.1) is 5.39 Å². The standard InChI is InChI=1S/C28H28FNO5/c1-16(2)18-5-7-24-20(8-18)22(31)10-25(35-24)23(32)11-27-13-28(14-27,15-27)30-26(33)12-34-19-6-4-17(3)21(29)9-19/h4-10,16H,11-15H2,1-3H3,(H,30,33). The number of ether oxygens (including phenoxy) is 1. The molecule has 7 heteroatoms. The third-order valence-corrected chi connectivity index (χ3v) is 7.29. The molecule has 1 aromatic heterocycles. The second-order valence-electron chi connectivity index (χ2n) is 10.5. The molecule has 3 aliphatic carbocycles. The summed E-state index contributed by atoms with van der Waals surface area (Å²) in [5.74, 6) is -0.166. The van der Waals surface area contributed by atoms with E-state index in [2.05, 4.69) is 19.2 Å². The van der Waals surface area contributed by atoms with Gasteiger partial charge in [0.1, 0.15) is 17.1 Å². The summed E-state index contributed by atoms with van der Waals surface area (Å²) in [5, 5.41) is 3.48. The molecule has 0 saturated heterocycles. The van der Waals surface area contributed by atoms with Gasteiger partial charge in [-0.05, 0) is 66.8 Å². The number of hydrogen-bond acceptors (Lipinski definition) is 5. The van der Waals surface area contributed by atoms with Gasteiger partial charge >= 0.3 is 0 Å². The van der Waals surface area contributed by atoms with Gasteiger partial charge in [0, 0.05) is 24.1 Å². The summed E-state index contributed by atoms with van der Waals surface area (Å²) in [6.07, 6.45) is 2.38. The van der Waals surface area contributed by atoms with Gasteiger partial charge in [-0.15, -0.1) is 0 Å². The van der Waals surface area contributed by atoms with Crippen molar-refractivity contribution < 1.29 is 23.1 Å². The van der Waals surface area contributed by atoms with Crippen LogP contribution >= 0.6 is 0 Å². The fourth-order valence-electron chi connectivity index (χ4n) is 5.56. The van der Waals surface area contributed by atoms with E-state index in [1.54, 1.807) is 25.1 Å². The molecule has 1 amide bonds. The van der Waals surface area contributed by atoms with E-state index < -0.39 is 0 Å². The zero-order valence-electron chi connectivity index (χ0n) is 20.1. The van der Waals surface area contributed by atoms with Crippen LogP contribution in [0.5, 0.6) is 5.75 Å². The Kier molecular flexibility index (Phi) is 5.54. The van der Waals surface area contributed by atoms with E-state index in [-0.39, 0.29) is 58.6 Å². The van der Waals surface area contributed by atoms with Crippen molar-refractivity contribution in [3.05, 3.63) is 75.4 Å². The number of aryl methyl sites for hydroxylation is 1. The van der Waals surface area contributed by atoms with Gasteiger partial charge in [-0.1, -0.05) is 26.0 Å². The quantitative estimate of drug-likeness (QED) is 0.459. The number of fused-ring (bicyclic) bond motifs is 1. The normalized spacial score (nSPS) is 22.4. The van der Waals surface area contributed by atoms with E-state index in [4.69, 9.17) is 9.15 Å². The molecule has 3 fully saturated rings. The van der Waals surface area contributed by atoms with E-state index in [9.17, 15) is 18.8 Å². The highest BCUT2D eigenvalue weighted by atomic mass is 19.1. The van der Waals surface area contributed by atoms with Gasteiger partial charge in [-0.3, -0.25) is 14.4 Å². The Bertz CT molecular complexity index is 1390. The molecule has 0 unspecified atom stereocenters. The third-order valence-electron chi connectivity index (χ3n) is 7.29. The maximum absolute atomic E-state index is 13.6. The molecule has 0 atom stereocenters. The first-order valence-corrected chi connectivity index (χ1v) is 11.9. The zero-order chi connectivity index (χ0) is 25.0. The summed E-state index contributed by atoms with van der Waals surface area (Å²) in [7, 11) is 0. The monoisotopic (exact) mass is 477 g/mol. The van der Waals surface area contributed by atoms with Gasteiger partial charge in [0.25, 0.3) is 5.91 Å². The van der Waals surface area contributed by atoms with Crippen LogP contribution < -0.4 is 15.5 Å². The molecule has 6 nitrogen and oxygen atoms in total. The third kappa shape index (κ3) is 4.35. The van der Waals surface area contributed by atoms with E-state index in [0.29, 0.717) is 41.5 Å². The van der Waals surface area contributed by atoms with Crippen LogP contribution in [-0.4, -0.2) is 23.8 Å². The summed E-state index contributed by atoms with van der Waals surface area (Å²) >= 11 is 0. The fourth-order valence-corrected chi connectivity index (χ4v) is 5.56. The SMILES string of the molecule is Cc1ccc(OCC(=O)NC23CC(CC(=O)c4cc(=O)c5cc(C(C)C)ccc5o4)(C2)C3)cc1F. The minimum atomic E-state index is -0.378. The van der Waals surface area contributed by atoms with Crippen LogP contribution in [0.2, 0.25) is 0 Å². The first-order valence-electron chi connectivity index (χ1n) is 11.9. The number of nitrogens with one attached hydrogen (secondary N) is 1. The molecule has 3 aliphatic rings. The summed E-state index contributed by atoms with van der Waals surface area (Å²) in [4.78, 5) is 37.9. The fraction of sp³-hybridized carbons (Fsp3) is 0.393. The Balaban J connectivity index is 1.16. The molecule has 0 aliphatic heterocycles. The number of carbonyl (C=O) groups is 2. The van der Waals surface area contributed by atoms with Crippen molar-refractivity contribution >= 4 is 22.7 Å². The molecule has 2 bridgehead atoms. The predicted octanol–water partition coefficient (Wildman–Crippen LogP) is 5.05. The van der Waals surface area contributed by atoms with Crippen molar-refractivity contribution in [2.24, 2.45) is 5.41 Å². The van der Waals surface area contributed by atoms with Crippen LogP contribution in [0.25, 0.3) is 11.0 Å². The maximum Gasteiger partial charge on any atom is 0.258 e. The van der Waals surface area contributed by atoms with E-state index in [1.165, 1.54) is 12.1 Å². The Labute approximate surface area is 202 Å². The first kappa shape index (κ1) is 23.3. The molecule has 3 aromatic rings. The Morgan fingerprint density at radius 3 is 2.54 bits per heavy atom. The van der Waals surface area contributed by atoms with Gasteiger partial charge in [-0.25, -0.2) is 4.39 Å². The largest absolute Gasteiger partial charge is 0.484 e. The number of hydrogen-bond donors (Lipinski definition) is 1. The number of halogens is 1. The van der Waals surface area contributed by atoms with Crippen molar-refractivity contribution in [2.75, 3.05) is 6.61 Å². The van der Waals surface area contributed by atoms with Crippen LogP contribution in [0.4, 0.5) is 4.39 Å². The molecule has 3 saturated carbocycles. The zero-order valence-corrected chi connectivity index (χ0v) is 20.1. The van der Waals surface area contributed by atoms with Gasteiger partial charge in [0.2, 0.25) is 0 Å². The summed E-state index contributed by atoms with van der Waals surface area (Å²) < 4.78 is 24.8. The number of benzene rings is 2. The summed E-state index contributed by atoms with van der Waals surface area (Å²) in [5.41, 5.74) is 1.28. The van der Waals surface area contributed by atoms with Gasteiger partial charge < -0.3 is 14.5 Å². The number of rotatable bonds is 8. The van der Waals surface area contributed by atoms with Crippen molar-refractivity contribution in [2.45, 2.75) is 57.9 Å². The topological polar surface area (TPSA) is 85.6 Å². The lowest BCUT2D eigenvalue weighted by atomic mass is 9.38. The van der Waals surface area contributed by atoms with Crippen molar-refractivity contribution in [3.8, 4) is 5.75 Å². The Morgan fingerprint density at radius 2 is 1.86 bits per heavy atom. The van der Waals surface area contributed by atoms with Crippen molar-refractivity contribution in [1.82, 2.24) is 5.32 Å². The molecule has 2 aromatic carbocycles. The lowest BCUT2D eigenvalue weighted by Crippen LogP contribution is -2.75. The maximum atomic E-state index is 13.6. The average molecular weight is 478 g/mol. The molecule has 182 valence electrons. The van der Waals surface area contributed by atoms with Crippen LogP contribution in [0.3, 0.4) is 0 Å². The average Bonchev–Trinajstić information content (AvgIpc) is 2.77. The molecular formula is C28H28FNO5. The lowest BCUT2D eigenvalue weighted by molar-refractivity contribution is -0.164. The highest BCUT2D eigenvalue weighted by Crippen LogP contribution is 2.69. The molecule has 0 radical (unpaired) electrons. The second kappa shape index (κ2) is 8.33. The number of amides is 1. The van der Waals surface area contributed by atoms with Gasteiger partial charge in [-0.2, -0.15) is 0 Å². The number of ketones is 1.